The first-order valence-corrected chi connectivity index (χ1v) is 16.3. The number of carbonyl (C=O) groups excluding carboxylic acids is 1. The Morgan fingerprint density at radius 3 is 2.30 bits per heavy atom. The minimum Gasteiger partial charge on any atom is -0.439 e. The molecule has 6 rings (SSSR count). The Kier molecular flexibility index (Phi) is 9.50. The van der Waals surface area contributed by atoms with Crippen molar-refractivity contribution in [3.63, 3.8) is 0 Å². The fourth-order valence-electron chi connectivity index (χ4n) is 6.12. The van der Waals surface area contributed by atoms with Crippen LogP contribution in [0.25, 0.3) is 5.69 Å². The summed E-state index contributed by atoms with van der Waals surface area (Å²) in [5.74, 6) is 0.718. The van der Waals surface area contributed by atoms with E-state index in [0.29, 0.717) is 76.5 Å². The molecule has 0 spiro atoms. The van der Waals surface area contributed by atoms with Crippen LogP contribution in [0.15, 0.2) is 72.8 Å². The fraction of sp³-hybridized carbons (Fsp3) is 0.353. The summed E-state index contributed by atoms with van der Waals surface area (Å²) in [4.78, 5) is 16.0. The van der Waals surface area contributed by atoms with Crippen LogP contribution in [0.5, 0.6) is 11.6 Å². The summed E-state index contributed by atoms with van der Waals surface area (Å²) < 4.78 is 8.07. The number of ether oxygens (including phenoxy) is 1. The van der Waals surface area contributed by atoms with Gasteiger partial charge in [-0.2, -0.15) is 9.78 Å². The van der Waals surface area contributed by atoms with Gasteiger partial charge in [0, 0.05) is 35.7 Å². The van der Waals surface area contributed by atoms with E-state index in [9.17, 15) is 9.90 Å². The molecule has 230 valence electrons. The van der Waals surface area contributed by atoms with E-state index in [4.69, 9.17) is 44.6 Å². The number of nitrogens with zero attached hydrogens (tertiary/aromatic N) is 3. The van der Waals surface area contributed by atoms with Crippen LogP contribution in [-0.4, -0.2) is 44.8 Å². The number of nitrogens with one attached hydrogen (secondary N) is 1. The maximum Gasteiger partial charge on any atom is 0.274 e. The highest BCUT2D eigenvalue weighted by Gasteiger charge is 2.37. The molecule has 2 heterocycles. The highest BCUT2D eigenvalue weighted by molar-refractivity contribution is 6.35. The quantitative estimate of drug-likeness (QED) is 0.201. The number of halogens is 3. The van der Waals surface area contributed by atoms with Gasteiger partial charge in [0.15, 0.2) is 5.69 Å². The van der Waals surface area contributed by atoms with Crippen molar-refractivity contribution in [2.75, 3.05) is 13.1 Å². The monoisotopic (exact) mass is 652 g/mol. The van der Waals surface area contributed by atoms with Crippen LogP contribution >= 0.6 is 34.8 Å². The summed E-state index contributed by atoms with van der Waals surface area (Å²) in [6.45, 7) is 1.17. The van der Waals surface area contributed by atoms with Gasteiger partial charge in [0.2, 0.25) is 5.88 Å². The van der Waals surface area contributed by atoms with Crippen molar-refractivity contribution in [3.8, 4) is 17.3 Å². The van der Waals surface area contributed by atoms with Crippen LogP contribution in [0.2, 0.25) is 15.1 Å². The number of rotatable bonds is 8. The molecule has 1 saturated carbocycles. The molecule has 2 N–H and O–H groups in total. The van der Waals surface area contributed by atoms with Gasteiger partial charge < -0.3 is 20.1 Å². The summed E-state index contributed by atoms with van der Waals surface area (Å²) in [6, 6.07) is 22.2. The standard InChI is InChI=1S/C34H35Cl3N4O3/c35-24-11-14-27(15-12-24)44-33-28(22-38-26-9-5-2-6-10-26)31(39-41(33)30-16-13-25(36)21-29(30)37)32(42)40-19-17-34(43,18-20-40)23-7-3-1-4-8-23/h1,3-4,7-8,11-16,21,26,38,43H,2,5-6,9-10,17-20,22H2. The highest BCUT2D eigenvalue weighted by Crippen LogP contribution is 2.37. The number of benzene rings is 3. The molecule has 1 aliphatic heterocycles. The van der Waals surface area contributed by atoms with Crippen molar-refractivity contribution < 1.29 is 14.6 Å². The van der Waals surface area contributed by atoms with Crippen LogP contribution in [0.3, 0.4) is 0 Å². The molecule has 3 aromatic carbocycles. The molecule has 0 atom stereocenters. The smallest absolute Gasteiger partial charge is 0.274 e. The first kappa shape index (κ1) is 30.9. The third-order valence-corrected chi connectivity index (χ3v) is 9.46. The van der Waals surface area contributed by atoms with E-state index in [0.717, 1.165) is 18.4 Å². The summed E-state index contributed by atoms with van der Waals surface area (Å²) in [7, 11) is 0. The number of hydrogen-bond donors (Lipinski definition) is 2. The van der Waals surface area contributed by atoms with E-state index in [1.807, 2.05) is 30.3 Å². The third-order valence-electron chi connectivity index (χ3n) is 8.67. The molecular formula is C34H35Cl3N4O3. The van der Waals surface area contributed by atoms with E-state index < -0.39 is 5.60 Å². The maximum atomic E-state index is 14.3. The Balaban J connectivity index is 1.38. The van der Waals surface area contributed by atoms with Gasteiger partial charge in [-0.05, 0) is 73.7 Å². The van der Waals surface area contributed by atoms with E-state index in [1.165, 1.54) is 19.3 Å². The summed E-state index contributed by atoms with van der Waals surface area (Å²) in [6.07, 6.45) is 6.61. The van der Waals surface area contributed by atoms with Gasteiger partial charge in [-0.25, -0.2) is 0 Å². The lowest BCUT2D eigenvalue weighted by Gasteiger charge is -2.38. The normalized spacial score (nSPS) is 17.0. The van der Waals surface area contributed by atoms with Crippen LogP contribution in [0.4, 0.5) is 0 Å². The second-order valence-corrected chi connectivity index (χ2v) is 12.9. The van der Waals surface area contributed by atoms with Gasteiger partial charge in [-0.1, -0.05) is 84.4 Å². The van der Waals surface area contributed by atoms with Crippen molar-refractivity contribution in [2.24, 2.45) is 0 Å². The third kappa shape index (κ3) is 6.77. The van der Waals surface area contributed by atoms with E-state index in [1.54, 1.807) is 52.0 Å². The molecule has 2 fully saturated rings. The number of aliphatic hydroxyl groups is 1. The molecule has 2 aliphatic rings. The molecule has 1 aromatic heterocycles. The topological polar surface area (TPSA) is 79.6 Å². The molecule has 4 aromatic rings. The van der Waals surface area contributed by atoms with Gasteiger partial charge in [0.05, 0.1) is 21.9 Å². The molecule has 7 nitrogen and oxygen atoms in total. The Morgan fingerprint density at radius 1 is 0.932 bits per heavy atom. The molecule has 1 amide bonds. The Bertz CT molecular complexity index is 1600. The molecule has 1 saturated heterocycles. The van der Waals surface area contributed by atoms with Crippen LogP contribution < -0.4 is 10.1 Å². The van der Waals surface area contributed by atoms with Gasteiger partial charge in [-0.3, -0.25) is 4.79 Å². The minimum atomic E-state index is -0.984. The van der Waals surface area contributed by atoms with Crippen molar-refractivity contribution in [1.29, 1.82) is 0 Å². The van der Waals surface area contributed by atoms with Crippen LogP contribution in [-0.2, 0) is 12.1 Å². The number of amides is 1. The number of piperidine rings is 1. The Morgan fingerprint density at radius 2 is 1.61 bits per heavy atom. The first-order valence-electron chi connectivity index (χ1n) is 15.1. The number of aromatic nitrogens is 2. The molecule has 10 heteroatoms. The highest BCUT2D eigenvalue weighted by atomic mass is 35.5. The van der Waals surface area contributed by atoms with Crippen molar-refractivity contribution in [2.45, 2.75) is 63.1 Å². The molecule has 0 radical (unpaired) electrons. The summed E-state index contributed by atoms with van der Waals surface area (Å²) in [5.41, 5.74) is 1.35. The zero-order valence-corrected chi connectivity index (χ0v) is 26.6. The second kappa shape index (κ2) is 13.5. The largest absolute Gasteiger partial charge is 0.439 e. The predicted octanol–water partition coefficient (Wildman–Crippen LogP) is 8.17. The van der Waals surface area contributed by atoms with Crippen molar-refractivity contribution in [1.82, 2.24) is 20.0 Å². The molecule has 44 heavy (non-hydrogen) atoms. The van der Waals surface area contributed by atoms with Gasteiger partial charge in [-0.15, -0.1) is 0 Å². The summed E-state index contributed by atoms with van der Waals surface area (Å²) in [5, 5.41) is 21.4. The number of likely N-dealkylation sites (tertiary alicyclic amines) is 1. The minimum absolute atomic E-state index is 0.217. The van der Waals surface area contributed by atoms with E-state index in [2.05, 4.69) is 5.32 Å². The molecular weight excluding hydrogens is 619 g/mol. The first-order chi connectivity index (χ1) is 21.3. The Labute approximate surface area is 272 Å². The predicted molar refractivity (Wildman–Crippen MR) is 174 cm³/mol. The lowest BCUT2D eigenvalue weighted by molar-refractivity contribution is -0.0213. The zero-order chi connectivity index (χ0) is 30.7. The van der Waals surface area contributed by atoms with Gasteiger partial charge >= 0.3 is 0 Å². The van der Waals surface area contributed by atoms with E-state index >= 15 is 0 Å². The molecule has 0 bridgehead atoms. The van der Waals surface area contributed by atoms with Gasteiger partial charge in [0.25, 0.3) is 5.91 Å². The zero-order valence-electron chi connectivity index (χ0n) is 24.3. The number of hydrogen-bond acceptors (Lipinski definition) is 5. The van der Waals surface area contributed by atoms with E-state index in [-0.39, 0.29) is 11.6 Å². The number of carbonyl (C=O) groups is 1. The second-order valence-electron chi connectivity index (χ2n) is 11.6. The lowest BCUT2D eigenvalue weighted by Crippen LogP contribution is -2.45. The maximum absolute atomic E-state index is 14.3. The van der Waals surface area contributed by atoms with Crippen LogP contribution in [0.1, 0.15) is 66.6 Å². The van der Waals surface area contributed by atoms with Crippen molar-refractivity contribution >= 4 is 40.7 Å². The average Bonchev–Trinajstić information content (AvgIpc) is 3.39. The average molecular weight is 654 g/mol. The SMILES string of the molecule is O=C(c1nn(-c2ccc(Cl)cc2Cl)c(Oc2ccc(Cl)cc2)c1CNC1CCCCC1)N1CCC(O)(c2ccccc2)CC1. The Hall–Kier alpha value is -3.07. The van der Waals surface area contributed by atoms with Gasteiger partial charge in [0.1, 0.15) is 5.75 Å². The molecule has 1 aliphatic carbocycles. The molecule has 0 unspecified atom stereocenters. The lowest BCUT2D eigenvalue weighted by atomic mass is 9.84. The van der Waals surface area contributed by atoms with Crippen molar-refractivity contribution in [3.05, 3.63) is 105 Å². The van der Waals surface area contributed by atoms with Crippen LogP contribution in [0, 0.1) is 0 Å². The summed E-state index contributed by atoms with van der Waals surface area (Å²) >= 11 is 19.1. The fourth-order valence-corrected chi connectivity index (χ4v) is 6.74.